The first-order chi connectivity index (χ1) is 30.0. The summed E-state index contributed by atoms with van der Waals surface area (Å²) in [5.74, 6) is -0.331. The number of nitrogens with zero attached hydrogens (tertiary/aromatic N) is 2. The summed E-state index contributed by atoms with van der Waals surface area (Å²) in [5.41, 5.74) is 12.5. The number of methoxy groups -OCH3 is 1. The van der Waals surface area contributed by atoms with Gasteiger partial charge in [0.15, 0.2) is 0 Å². The van der Waals surface area contributed by atoms with Crippen LogP contribution in [0.3, 0.4) is 0 Å². The number of primary amides is 1. The smallest absolute Gasteiger partial charge is 0.407 e. The second-order valence-electron chi connectivity index (χ2n) is 15.1. The van der Waals surface area contributed by atoms with Crippen molar-refractivity contribution in [1.29, 1.82) is 0 Å². The first-order valence-corrected chi connectivity index (χ1v) is 20.7. The Balaban J connectivity index is 0.000000410. The van der Waals surface area contributed by atoms with Gasteiger partial charge in [0, 0.05) is 31.5 Å². The van der Waals surface area contributed by atoms with E-state index in [2.05, 4.69) is 59.3 Å². The maximum atomic E-state index is 14.1. The van der Waals surface area contributed by atoms with Gasteiger partial charge in [-0.05, 0) is 79.1 Å². The van der Waals surface area contributed by atoms with E-state index in [4.69, 9.17) is 15.2 Å². The Labute approximate surface area is 363 Å². The van der Waals surface area contributed by atoms with Crippen LogP contribution in [0.1, 0.15) is 54.0 Å². The van der Waals surface area contributed by atoms with E-state index < -0.39 is 24.1 Å². The van der Waals surface area contributed by atoms with Crippen molar-refractivity contribution in [1.82, 2.24) is 26.0 Å². The van der Waals surface area contributed by atoms with Crippen LogP contribution >= 0.6 is 0 Å². The van der Waals surface area contributed by atoms with Crippen molar-refractivity contribution in [2.24, 2.45) is 5.73 Å². The first-order valence-electron chi connectivity index (χ1n) is 20.7. The van der Waals surface area contributed by atoms with E-state index in [1.807, 2.05) is 104 Å². The third-order valence-electron chi connectivity index (χ3n) is 10.5. The van der Waals surface area contributed by atoms with Gasteiger partial charge in [-0.25, -0.2) is 19.6 Å². The standard InChI is InChI=1S/C38H40N4O5.C7H8.C4H8N2O2/c1-26(23-27-11-4-3-5-12-27)39-37(44)42-22-10-21-41(42)36(43)35(24-28-17-19-29(46-2)20-18-28)40-38(45)47-25-34-32-15-8-6-13-30(32)31-14-7-9-16-33(31)34;1-7-5-3-2-4-6-7;1-3(4(5)8)6-2-7/h3-9,11-20,26,34-35H,10,21-25H2,1-2H3,(H,39,44)(H,40,45);2-6H,1H3;2-3H,1H3,(H2,5,8)(H,6,7)/t;;3-/m..0/s1. The molecule has 1 aliphatic carbocycles. The number of carbonyl (C=O) groups is 5. The Morgan fingerprint density at radius 2 is 1.27 bits per heavy atom. The first kappa shape index (κ1) is 45.9. The van der Waals surface area contributed by atoms with E-state index >= 15 is 0 Å². The van der Waals surface area contributed by atoms with E-state index in [1.54, 1.807) is 7.11 Å². The molecule has 2 unspecified atom stereocenters. The molecular weight excluding hydrogens is 785 g/mol. The van der Waals surface area contributed by atoms with Crippen LogP contribution in [0, 0.1) is 6.92 Å². The maximum Gasteiger partial charge on any atom is 0.407 e. The molecule has 0 saturated carbocycles. The second-order valence-corrected chi connectivity index (χ2v) is 15.1. The molecule has 2 aliphatic rings. The predicted molar refractivity (Wildman–Crippen MR) is 239 cm³/mol. The molecule has 5 aromatic rings. The topological polar surface area (TPSA) is 172 Å². The van der Waals surface area contributed by atoms with E-state index in [9.17, 15) is 24.0 Å². The van der Waals surface area contributed by atoms with Gasteiger partial charge in [-0.3, -0.25) is 14.4 Å². The molecule has 0 spiro atoms. The third kappa shape index (κ3) is 12.9. The molecule has 1 heterocycles. The molecule has 3 atom stereocenters. The molecule has 1 saturated heterocycles. The fourth-order valence-corrected chi connectivity index (χ4v) is 7.23. The highest BCUT2D eigenvalue weighted by atomic mass is 16.5. The lowest BCUT2D eigenvalue weighted by Gasteiger charge is -2.32. The zero-order valence-electron chi connectivity index (χ0n) is 35.7. The van der Waals surface area contributed by atoms with Crippen molar-refractivity contribution in [2.45, 2.75) is 64.1 Å². The monoisotopic (exact) mass is 840 g/mol. The van der Waals surface area contributed by atoms with Gasteiger partial charge < -0.3 is 31.2 Å². The van der Waals surface area contributed by atoms with Crippen molar-refractivity contribution in [3.8, 4) is 16.9 Å². The summed E-state index contributed by atoms with van der Waals surface area (Å²) in [6.45, 7) is 6.43. The molecule has 0 bridgehead atoms. The average Bonchev–Trinajstić information content (AvgIpc) is 3.90. The van der Waals surface area contributed by atoms with Crippen molar-refractivity contribution >= 4 is 30.3 Å². The summed E-state index contributed by atoms with van der Waals surface area (Å²) >= 11 is 0. The van der Waals surface area contributed by atoms with Gasteiger partial charge in [-0.1, -0.05) is 127 Å². The number of hydrazine groups is 1. The molecule has 6 amide bonds. The Morgan fingerprint density at radius 3 is 1.81 bits per heavy atom. The number of hydrogen-bond donors (Lipinski definition) is 4. The highest BCUT2D eigenvalue weighted by molar-refractivity contribution is 5.88. The van der Waals surface area contributed by atoms with Gasteiger partial charge in [0.05, 0.1) is 7.11 Å². The number of nitrogens with two attached hydrogens (primary N) is 1. The minimum absolute atomic E-state index is 0.112. The van der Waals surface area contributed by atoms with E-state index in [0.717, 1.165) is 33.4 Å². The quantitative estimate of drug-likeness (QED) is 0.0976. The lowest BCUT2D eigenvalue weighted by atomic mass is 9.98. The average molecular weight is 841 g/mol. The minimum Gasteiger partial charge on any atom is -0.497 e. The highest BCUT2D eigenvalue weighted by Crippen LogP contribution is 2.44. The zero-order chi connectivity index (χ0) is 44.4. The van der Waals surface area contributed by atoms with Crippen LogP contribution in [-0.2, 0) is 32.0 Å². The second kappa shape index (κ2) is 23.0. The molecule has 1 aliphatic heterocycles. The molecular formula is C49H56N6O7. The van der Waals surface area contributed by atoms with Crippen LogP contribution in [0.2, 0.25) is 0 Å². The molecule has 324 valence electrons. The summed E-state index contributed by atoms with van der Waals surface area (Å²) in [6, 6.07) is 41.8. The van der Waals surface area contributed by atoms with Crippen LogP contribution in [0.5, 0.6) is 5.75 Å². The maximum absolute atomic E-state index is 14.1. The Morgan fingerprint density at radius 1 is 0.726 bits per heavy atom. The van der Waals surface area contributed by atoms with Crippen molar-refractivity contribution in [2.75, 3.05) is 26.8 Å². The number of rotatable bonds is 13. The zero-order valence-corrected chi connectivity index (χ0v) is 35.7. The molecule has 13 nitrogen and oxygen atoms in total. The number of benzene rings is 5. The number of fused-ring (bicyclic) bond motifs is 3. The Bertz CT molecular complexity index is 2190. The largest absolute Gasteiger partial charge is 0.497 e. The van der Waals surface area contributed by atoms with Gasteiger partial charge in [0.25, 0.3) is 5.91 Å². The lowest BCUT2D eigenvalue weighted by Crippen LogP contribution is -2.57. The van der Waals surface area contributed by atoms with Gasteiger partial charge in [-0.15, -0.1) is 0 Å². The van der Waals surface area contributed by atoms with Crippen LogP contribution < -0.4 is 26.4 Å². The summed E-state index contributed by atoms with van der Waals surface area (Å²) in [5, 5.41) is 11.0. The highest BCUT2D eigenvalue weighted by Gasteiger charge is 2.37. The fourth-order valence-electron chi connectivity index (χ4n) is 7.23. The van der Waals surface area contributed by atoms with Crippen LogP contribution in [-0.4, -0.2) is 85.3 Å². The molecule has 1 fully saturated rings. The summed E-state index contributed by atoms with van der Waals surface area (Å²) < 4.78 is 11.1. The summed E-state index contributed by atoms with van der Waals surface area (Å²) in [4.78, 5) is 60.5. The molecule has 13 heteroatoms. The number of amides is 6. The Hall–Kier alpha value is -7.15. The van der Waals surface area contributed by atoms with Crippen LogP contribution in [0.15, 0.2) is 133 Å². The van der Waals surface area contributed by atoms with Gasteiger partial charge >= 0.3 is 12.1 Å². The molecule has 0 radical (unpaired) electrons. The number of urea groups is 1. The Kier molecular flexibility index (Phi) is 17.0. The number of hydrogen-bond acceptors (Lipinski definition) is 7. The number of alkyl carbamates (subject to hydrolysis) is 1. The molecule has 0 aromatic heterocycles. The summed E-state index contributed by atoms with van der Waals surface area (Å²) in [6.07, 6.45) is 1.26. The minimum atomic E-state index is -0.964. The number of ether oxygens (including phenoxy) is 2. The predicted octanol–water partition coefficient (Wildman–Crippen LogP) is 6.54. The number of nitrogens with one attached hydrogen (secondary N) is 3. The van der Waals surface area contributed by atoms with E-state index in [1.165, 1.54) is 22.5 Å². The molecule has 7 rings (SSSR count). The van der Waals surface area contributed by atoms with Gasteiger partial charge in [0.2, 0.25) is 12.3 Å². The number of aryl methyl sites for hydroxylation is 1. The van der Waals surface area contributed by atoms with Gasteiger partial charge in [0.1, 0.15) is 24.4 Å². The lowest BCUT2D eigenvalue weighted by molar-refractivity contribution is -0.142. The SMILES string of the molecule is COc1ccc(CC(NC(=O)OCC2c3ccccc3-c3ccccc32)C(=O)N2CCCN2C(=O)NC(C)Cc2ccccc2)cc1.C[C@H](NC=O)C(N)=O.Cc1ccccc1. The molecule has 5 N–H and O–H groups in total. The van der Waals surface area contributed by atoms with Crippen LogP contribution in [0.4, 0.5) is 9.59 Å². The number of carbonyl (C=O) groups excluding carboxylic acids is 5. The molecule has 5 aromatic carbocycles. The fraction of sp³-hybridized carbons (Fsp3) is 0.286. The van der Waals surface area contributed by atoms with Gasteiger partial charge in [-0.2, -0.15) is 0 Å². The van der Waals surface area contributed by atoms with E-state index in [-0.39, 0.29) is 36.9 Å². The van der Waals surface area contributed by atoms with Crippen molar-refractivity contribution in [3.05, 3.63) is 161 Å². The molecule has 62 heavy (non-hydrogen) atoms. The van der Waals surface area contributed by atoms with Crippen LogP contribution in [0.25, 0.3) is 11.1 Å². The van der Waals surface area contributed by atoms with Crippen molar-refractivity contribution < 1.29 is 33.4 Å². The third-order valence-corrected chi connectivity index (χ3v) is 10.5. The van der Waals surface area contributed by atoms with E-state index in [0.29, 0.717) is 38.1 Å². The summed E-state index contributed by atoms with van der Waals surface area (Å²) in [7, 11) is 1.59. The normalized spacial score (nSPS) is 13.9. The van der Waals surface area contributed by atoms with Crippen molar-refractivity contribution in [3.63, 3.8) is 0 Å².